The summed E-state index contributed by atoms with van der Waals surface area (Å²) in [6, 6.07) is 14.8. The Morgan fingerprint density at radius 2 is 1.74 bits per heavy atom. The third kappa shape index (κ3) is 6.31. The second-order valence-electron chi connectivity index (χ2n) is 8.94. The van der Waals surface area contributed by atoms with Crippen LogP contribution >= 0.6 is 11.6 Å². The lowest BCUT2D eigenvalue weighted by Crippen LogP contribution is -2.39. The SMILES string of the molecule is Cc1cc(C(=O)N(C)C2CCC(c3ccc(CN(C)CCCO)cc3)CC2)ccc1Cl. The normalized spacial score (nSPS) is 18.9. The molecule has 1 N–H and O–H groups in total. The summed E-state index contributed by atoms with van der Waals surface area (Å²) in [5.41, 5.74) is 4.36. The molecule has 0 unspecified atom stereocenters. The number of carbonyl (C=O) groups excluding carboxylic acids is 1. The first-order valence-electron chi connectivity index (χ1n) is 11.3. The maximum absolute atomic E-state index is 12.9. The number of carbonyl (C=O) groups is 1. The van der Waals surface area contributed by atoms with Gasteiger partial charge in [0.1, 0.15) is 0 Å². The minimum absolute atomic E-state index is 0.0814. The Labute approximate surface area is 191 Å². The molecule has 3 rings (SSSR count). The fraction of sp³-hybridized carbons (Fsp3) is 0.500. The Morgan fingerprint density at radius 1 is 1.06 bits per heavy atom. The number of halogens is 1. The quantitative estimate of drug-likeness (QED) is 0.606. The Bertz CT molecular complexity index is 860. The summed E-state index contributed by atoms with van der Waals surface area (Å²) in [6.45, 7) is 3.99. The smallest absolute Gasteiger partial charge is 0.253 e. The molecule has 1 fully saturated rings. The van der Waals surface area contributed by atoms with Crippen molar-refractivity contribution in [3.8, 4) is 0 Å². The zero-order valence-electron chi connectivity index (χ0n) is 19.0. The Kier molecular flexibility index (Phi) is 8.53. The molecule has 168 valence electrons. The molecule has 5 heteroatoms. The van der Waals surface area contributed by atoms with E-state index < -0.39 is 0 Å². The second-order valence-corrected chi connectivity index (χ2v) is 9.35. The first-order valence-corrected chi connectivity index (χ1v) is 11.7. The van der Waals surface area contributed by atoms with Crippen LogP contribution in [0.3, 0.4) is 0 Å². The van der Waals surface area contributed by atoms with Gasteiger partial charge in [0.15, 0.2) is 0 Å². The van der Waals surface area contributed by atoms with E-state index in [0.717, 1.165) is 50.8 Å². The summed E-state index contributed by atoms with van der Waals surface area (Å²) in [5.74, 6) is 0.650. The fourth-order valence-corrected chi connectivity index (χ4v) is 4.69. The number of nitrogens with zero attached hydrogens (tertiary/aromatic N) is 2. The lowest BCUT2D eigenvalue weighted by Gasteiger charge is -2.35. The Hall–Kier alpha value is -1.88. The predicted molar refractivity (Wildman–Crippen MR) is 128 cm³/mol. The lowest BCUT2D eigenvalue weighted by molar-refractivity contribution is 0.0689. The number of rotatable bonds is 8. The number of hydrogen-bond donors (Lipinski definition) is 1. The molecule has 0 aliphatic heterocycles. The van der Waals surface area contributed by atoms with Gasteiger partial charge in [-0.05, 0) is 86.9 Å². The van der Waals surface area contributed by atoms with Crippen molar-refractivity contribution in [3.05, 3.63) is 69.7 Å². The molecule has 1 amide bonds. The highest BCUT2D eigenvalue weighted by Crippen LogP contribution is 2.35. The zero-order valence-corrected chi connectivity index (χ0v) is 19.7. The number of aryl methyl sites for hydroxylation is 1. The van der Waals surface area contributed by atoms with Gasteiger partial charge in [-0.3, -0.25) is 4.79 Å². The lowest BCUT2D eigenvalue weighted by atomic mass is 9.81. The van der Waals surface area contributed by atoms with Gasteiger partial charge in [-0.2, -0.15) is 0 Å². The van der Waals surface area contributed by atoms with Gasteiger partial charge in [0.25, 0.3) is 5.91 Å². The number of benzene rings is 2. The van der Waals surface area contributed by atoms with E-state index in [1.807, 2.05) is 37.1 Å². The van der Waals surface area contributed by atoms with E-state index in [9.17, 15) is 4.79 Å². The summed E-state index contributed by atoms with van der Waals surface area (Å²) < 4.78 is 0. The molecule has 2 aromatic carbocycles. The summed E-state index contributed by atoms with van der Waals surface area (Å²) in [7, 11) is 4.02. The summed E-state index contributed by atoms with van der Waals surface area (Å²) in [6.07, 6.45) is 5.10. The molecule has 0 saturated heterocycles. The van der Waals surface area contributed by atoms with E-state index in [-0.39, 0.29) is 12.5 Å². The zero-order chi connectivity index (χ0) is 22.4. The van der Waals surface area contributed by atoms with Crippen LogP contribution in [0.5, 0.6) is 0 Å². The fourth-order valence-electron chi connectivity index (χ4n) is 4.57. The van der Waals surface area contributed by atoms with Crippen molar-refractivity contribution in [2.45, 2.75) is 57.5 Å². The molecule has 0 radical (unpaired) electrons. The second kappa shape index (κ2) is 11.1. The third-order valence-electron chi connectivity index (χ3n) is 6.57. The minimum Gasteiger partial charge on any atom is -0.396 e. The summed E-state index contributed by atoms with van der Waals surface area (Å²) >= 11 is 6.11. The first-order chi connectivity index (χ1) is 14.9. The molecule has 1 aliphatic rings. The van der Waals surface area contributed by atoms with Crippen LogP contribution in [-0.4, -0.2) is 54.1 Å². The van der Waals surface area contributed by atoms with Crippen LogP contribution in [0.15, 0.2) is 42.5 Å². The van der Waals surface area contributed by atoms with Crippen LogP contribution in [0.4, 0.5) is 0 Å². The highest BCUT2D eigenvalue weighted by Gasteiger charge is 2.28. The Balaban J connectivity index is 1.52. The van der Waals surface area contributed by atoms with Gasteiger partial charge in [-0.15, -0.1) is 0 Å². The molecule has 1 saturated carbocycles. The van der Waals surface area contributed by atoms with Gasteiger partial charge < -0.3 is 14.9 Å². The summed E-state index contributed by atoms with van der Waals surface area (Å²) in [5, 5.41) is 9.67. The van der Waals surface area contributed by atoms with Crippen LogP contribution in [0.25, 0.3) is 0 Å². The predicted octanol–water partition coefficient (Wildman–Crippen LogP) is 5.26. The molecule has 0 aromatic heterocycles. The molecular weight excluding hydrogens is 408 g/mol. The van der Waals surface area contributed by atoms with E-state index in [4.69, 9.17) is 16.7 Å². The minimum atomic E-state index is 0.0814. The Morgan fingerprint density at radius 3 is 2.35 bits per heavy atom. The molecule has 0 bridgehead atoms. The van der Waals surface area contributed by atoms with Gasteiger partial charge in [0, 0.05) is 43.4 Å². The number of hydrogen-bond acceptors (Lipinski definition) is 3. The molecule has 1 aliphatic carbocycles. The maximum atomic E-state index is 12.9. The van der Waals surface area contributed by atoms with Gasteiger partial charge in [-0.1, -0.05) is 35.9 Å². The van der Waals surface area contributed by atoms with Gasteiger partial charge >= 0.3 is 0 Å². The van der Waals surface area contributed by atoms with Crippen LogP contribution in [0.1, 0.15) is 65.1 Å². The largest absolute Gasteiger partial charge is 0.396 e. The number of amides is 1. The van der Waals surface area contributed by atoms with E-state index in [0.29, 0.717) is 22.5 Å². The van der Waals surface area contributed by atoms with Crippen molar-refractivity contribution >= 4 is 17.5 Å². The average molecular weight is 443 g/mol. The number of aliphatic hydroxyl groups is 1. The van der Waals surface area contributed by atoms with Crippen molar-refractivity contribution < 1.29 is 9.90 Å². The van der Waals surface area contributed by atoms with Crippen LogP contribution < -0.4 is 0 Å². The standard InChI is InChI=1S/C26H35ClN2O2/c1-19-17-23(11-14-25(19)27)26(31)29(3)24-12-9-22(10-13-24)21-7-5-20(6-8-21)18-28(2)15-4-16-30/h5-8,11,14,17,22,24,30H,4,9-10,12-13,15-16,18H2,1-3H3. The van der Waals surface area contributed by atoms with Crippen LogP contribution in [0, 0.1) is 6.92 Å². The molecular formula is C26H35ClN2O2. The average Bonchev–Trinajstić information content (AvgIpc) is 2.79. The van der Waals surface area contributed by atoms with Gasteiger partial charge in [0.05, 0.1) is 0 Å². The third-order valence-corrected chi connectivity index (χ3v) is 7.00. The van der Waals surface area contributed by atoms with Crippen molar-refractivity contribution in [2.24, 2.45) is 0 Å². The molecule has 31 heavy (non-hydrogen) atoms. The first kappa shape index (κ1) is 23.8. The molecule has 2 aromatic rings. The van der Waals surface area contributed by atoms with Crippen LogP contribution in [-0.2, 0) is 6.54 Å². The monoisotopic (exact) mass is 442 g/mol. The van der Waals surface area contributed by atoms with Crippen molar-refractivity contribution in [1.82, 2.24) is 9.80 Å². The maximum Gasteiger partial charge on any atom is 0.253 e. The highest BCUT2D eigenvalue weighted by atomic mass is 35.5. The van der Waals surface area contributed by atoms with Crippen LogP contribution in [0.2, 0.25) is 5.02 Å². The van der Waals surface area contributed by atoms with Gasteiger partial charge in [-0.25, -0.2) is 0 Å². The molecule has 4 nitrogen and oxygen atoms in total. The van der Waals surface area contributed by atoms with E-state index >= 15 is 0 Å². The molecule has 0 spiro atoms. The van der Waals surface area contributed by atoms with E-state index in [1.54, 1.807) is 0 Å². The van der Waals surface area contributed by atoms with E-state index in [1.165, 1.54) is 11.1 Å². The number of aliphatic hydroxyl groups excluding tert-OH is 1. The van der Waals surface area contributed by atoms with E-state index in [2.05, 4.69) is 36.2 Å². The molecule has 0 atom stereocenters. The van der Waals surface area contributed by atoms with Crippen molar-refractivity contribution in [1.29, 1.82) is 0 Å². The summed E-state index contributed by atoms with van der Waals surface area (Å²) in [4.78, 5) is 17.1. The molecule has 0 heterocycles. The van der Waals surface area contributed by atoms with Crippen molar-refractivity contribution in [2.75, 3.05) is 27.2 Å². The topological polar surface area (TPSA) is 43.8 Å². The van der Waals surface area contributed by atoms with Gasteiger partial charge in [0.2, 0.25) is 0 Å². The van der Waals surface area contributed by atoms with Crippen molar-refractivity contribution in [3.63, 3.8) is 0 Å². The highest BCUT2D eigenvalue weighted by molar-refractivity contribution is 6.31.